The molecular weight excluding hydrogens is 300 g/mol. The molecule has 6 N–H and O–H groups in total. The number of phenolic OH excluding ortho intramolecular Hbond substituents is 2. The van der Waals surface area contributed by atoms with Gasteiger partial charge in [-0.1, -0.05) is 12.1 Å². The molecule has 9 heteroatoms. The van der Waals surface area contributed by atoms with E-state index in [9.17, 15) is 10.2 Å². The van der Waals surface area contributed by atoms with Gasteiger partial charge in [-0.15, -0.1) is 0 Å². The summed E-state index contributed by atoms with van der Waals surface area (Å²) >= 11 is 0. The van der Waals surface area contributed by atoms with Gasteiger partial charge in [0.25, 0.3) is 0 Å². The molecule has 0 amide bonds. The van der Waals surface area contributed by atoms with Crippen molar-refractivity contribution in [3.8, 4) is 22.6 Å². The van der Waals surface area contributed by atoms with E-state index in [2.05, 4.69) is 0 Å². The van der Waals surface area contributed by atoms with E-state index < -0.39 is 10.4 Å². The standard InChI is InChI=1S/C12H12N2O2.H2O4S/c13-9-5-7(1-3-11(9)15)8-2-4-12(16)10(14)6-8;1-5(2,3)4/h1-6,15-16H,13-14H2;(H2,1,2,3,4)/p-2. The molecule has 0 aliphatic rings. The smallest absolute Gasteiger partial charge is 0.138 e. The third-order valence-corrected chi connectivity index (χ3v) is 2.39. The van der Waals surface area contributed by atoms with Crippen molar-refractivity contribution in [2.75, 3.05) is 11.5 Å². The van der Waals surface area contributed by atoms with Gasteiger partial charge in [-0.3, -0.25) is 8.42 Å². The highest BCUT2D eigenvalue weighted by atomic mass is 32.3. The molecule has 0 heterocycles. The number of aromatic hydroxyl groups is 2. The monoisotopic (exact) mass is 312 g/mol. The van der Waals surface area contributed by atoms with Gasteiger partial charge in [0.15, 0.2) is 0 Å². The first kappa shape index (κ1) is 16.6. The van der Waals surface area contributed by atoms with Crippen LogP contribution < -0.4 is 11.5 Å². The Balaban J connectivity index is 0.000000383. The van der Waals surface area contributed by atoms with Crippen LogP contribution in [0, 0.1) is 0 Å². The van der Waals surface area contributed by atoms with Gasteiger partial charge in [0, 0.05) is 10.4 Å². The molecular formula is C12H12N2O6S-2. The molecule has 0 spiro atoms. The van der Waals surface area contributed by atoms with E-state index in [0.717, 1.165) is 11.1 Å². The molecule has 0 radical (unpaired) electrons. The fourth-order valence-corrected chi connectivity index (χ4v) is 1.47. The van der Waals surface area contributed by atoms with Gasteiger partial charge in [-0.2, -0.15) is 0 Å². The van der Waals surface area contributed by atoms with Crippen molar-refractivity contribution in [2.24, 2.45) is 0 Å². The molecule has 0 saturated carbocycles. The van der Waals surface area contributed by atoms with Gasteiger partial charge in [-0.25, -0.2) is 0 Å². The van der Waals surface area contributed by atoms with E-state index in [-0.39, 0.29) is 11.5 Å². The van der Waals surface area contributed by atoms with Crippen LogP contribution in [0.5, 0.6) is 11.5 Å². The maximum atomic E-state index is 9.30. The van der Waals surface area contributed by atoms with E-state index in [1.54, 1.807) is 24.3 Å². The molecule has 0 aromatic heterocycles. The second kappa shape index (κ2) is 6.31. The topological polar surface area (TPSA) is 173 Å². The highest BCUT2D eigenvalue weighted by molar-refractivity contribution is 7.79. The van der Waals surface area contributed by atoms with Crippen LogP contribution in [0.4, 0.5) is 11.4 Å². The molecule has 2 aromatic carbocycles. The minimum Gasteiger partial charge on any atom is -0.759 e. The zero-order valence-electron chi connectivity index (χ0n) is 10.6. The van der Waals surface area contributed by atoms with E-state index in [1.165, 1.54) is 12.1 Å². The summed E-state index contributed by atoms with van der Waals surface area (Å²) in [5.41, 5.74) is 13.5. The Labute approximate surface area is 120 Å². The van der Waals surface area contributed by atoms with Crippen molar-refractivity contribution < 1.29 is 27.7 Å². The molecule has 0 saturated heterocycles. The van der Waals surface area contributed by atoms with E-state index in [4.69, 9.17) is 29.0 Å². The lowest BCUT2D eigenvalue weighted by Crippen LogP contribution is -1.91. The molecule has 2 rings (SSSR count). The number of benzene rings is 2. The summed E-state index contributed by atoms with van der Waals surface area (Å²) in [6.07, 6.45) is 0. The number of hydrogen-bond acceptors (Lipinski definition) is 8. The summed E-state index contributed by atoms with van der Waals surface area (Å²) in [4.78, 5) is 0. The summed E-state index contributed by atoms with van der Waals surface area (Å²) < 4.78 is 34.1. The van der Waals surface area contributed by atoms with Crippen LogP contribution in [0.2, 0.25) is 0 Å². The number of rotatable bonds is 1. The molecule has 21 heavy (non-hydrogen) atoms. The molecule has 0 unspecified atom stereocenters. The Morgan fingerprint density at radius 1 is 0.810 bits per heavy atom. The predicted molar refractivity (Wildman–Crippen MR) is 74.5 cm³/mol. The average Bonchev–Trinajstić information content (AvgIpc) is 2.34. The molecule has 0 bridgehead atoms. The van der Waals surface area contributed by atoms with Crippen molar-refractivity contribution in [3.05, 3.63) is 36.4 Å². The van der Waals surface area contributed by atoms with Gasteiger partial charge in [0.2, 0.25) is 0 Å². The summed E-state index contributed by atoms with van der Waals surface area (Å²) in [6.45, 7) is 0. The Bertz CT molecular complexity index is 688. The molecule has 0 aliphatic carbocycles. The van der Waals surface area contributed by atoms with Crippen molar-refractivity contribution >= 4 is 21.8 Å². The van der Waals surface area contributed by atoms with Gasteiger partial charge >= 0.3 is 0 Å². The molecule has 8 nitrogen and oxygen atoms in total. The summed E-state index contributed by atoms with van der Waals surface area (Å²) in [5.74, 6) is 0.103. The predicted octanol–water partition coefficient (Wildman–Crippen LogP) is 0.591. The summed E-state index contributed by atoms with van der Waals surface area (Å²) in [6, 6.07) is 9.82. The number of hydrogen-bond donors (Lipinski definition) is 4. The van der Waals surface area contributed by atoms with Gasteiger partial charge in [-0.05, 0) is 35.4 Å². The second-order valence-electron chi connectivity index (χ2n) is 3.96. The van der Waals surface area contributed by atoms with Crippen LogP contribution in [0.1, 0.15) is 0 Å². The largest absolute Gasteiger partial charge is 0.759 e. The minimum absolute atomic E-state index is 0.0514. The average molecular weight is 312 g/mol. The zero-order valence-corrected chi connectivity index (χ0v) is 11.4. The lowest BCUT2D eigenvalue weighted by atomic mass is 10.0. The van der Waals surface area contributed by atoms with E-state index in [0.29, 0.717) is 11.4 Å². The van der Waals surface area contributed by atoms with Crippen LogP contribution in [-0.2, 0) is 10.4 Å². The first-order valence-electron chi connectivity index (χ1n) is 5.42. The summed E-state index contributed by atoms with van der Waals surface area (Å²) in [5, 5.41) is 18.6. The Morgan fingerprint density at radius 3 is 1.33 bits per heavy atom. The van der Waals surface area contributed by atoms with Gasteiger partial charge in [0.05, 0.1) is 11.4 Å². The van der Waals surface area contributed by atoms with Crippen LogP contribution >= 0.6 is 0 Å². The lowest BCUT2D eigenvalue weighted by Gasteiger charge is -2.06. The Morgan fingerprint density at radius 2 is 1.10 bits per heavy atom. The Hall–Kier alpha value is -2.49. The SMILES string of the molecule is Nc1cc(-c2ccc(O)c(N)c2)ccc1O.O=S(=O)([O-])[O-]. The van der Waals surface area contributed by atoms with Gasteiger partial charge < -0.3 is 30.8 Å². The second-order valence-corrected chi connectivity index (χ2v) is 4.77. The number of anilines is 2. The van der Waals surface area contributed by atoms with Gasteiger partial charge in [0.1, 0.15) is 11.5 Å². The minimum atomic E-state index is -5.17. The maximum absolute atomic E-state index is 9.30. The molecule has 2 aromatic rings. The first-order valence-corrected chi connectivity index (χ1v) is 6.75. The van der Waals surface area contributed by atoms with E-state index >= 15 is 0 Å². The van der Waals surface area contributed by atoms with E-state index in [1.807, 2.05) is 0 Å². The highest BCUT2D eigenvalue weighted by Gasteiger charge is 2.04. The molecule has 0 atom stereocenters. The van der Waals surface area contributed by atoms with Crippen LogP contribution in [0.3, 0.4) is 0 Å². The number of phenols is 2. The molecule has 114 valence electrons. The first-order chi connectivity index (χ1) is 9.58. The third kappa shape index (κ3) is 5.57. The van der Waals surface area contributed by atoms with Crippen molar-refractivity contribution in [1.82, 2.24) is 0 Å². The fraction of sp³-hybridized carbons (Fsp3) is 0. The number of nitrogen functional groups attached to an aromatic ring is 2. The highest BCUT2D eigenvalue weighted by Crippen LogP contribution is 2.31. The van der Waals surface area contributed by atoms with Crippen molar-refractivity contribution in [3.63, 3.8) is 0 Å². The Kier molecular flexibility index (Phi) is 4.97. The van der Waals surface area contributed by atoms with Crippen LogP contribution in [0.15, 0.2) is 36.4 Å². The quantitative estimate of drug-likeness (QED) is 0.256. The molecule has 0 aliphatic heterocycles. The van der Waals surface area contributed by atoms with Crippen LogP contribution in [-0.4, -0.2) is 27.7 Å². The lowest BCUT2D eigenvalue weighted by molar-refractivity contribution is 0.352. The molecule has 0 fully saturated rings. The summed E-state index contributed by atoms with van der Waals surface area (Å²) in [7, 11) is -5.17. The third-order valence-electron chi connectivity index (χ3n) is 2.39. The van der Waals surface area contributed by atoms with Crippen molar-refractivity contribution in [1.29, 1.82) is 0 Å². The normalized spacial score (nSPS) is 10.6. The van der Waals surface area contributed by atoms with Crippen molar-refractivity contribution in [2.45, 2.75) is 0 Å². The van der Waals surface area contributed by atoms with Crippen LogP contribution in [0.25, 0.3) is 11.1 Å². The fourth-order valence-electron chi connectivity index (χ4n) is 1.47. The number of nitrogens with two attached hydrogens (primary N) is 2. The maximum Gasteiger partial charge on any atom is 0.138 e. The zero-order chi connectivity index (χ0) is 16.2.